The number of carbonyl (C=O) groups excluding carboxylic acids is 1. The van der Waals surface area contributed by atoms with Crippen LogP contribution >= 0.6 is 27.5 Å². The number of carbonyl (C=O) groups is 1. The molecule has 0 N–H and O–H groups in total. The van der Waals surface area contributed by atoms with Crippen molar-refractivity contribution in [3.8, 4) is 11.5 Å². The van der Waals surface area contributed by atoms with Gasteiger partial charge in [-0.1, -0.05) is 11.6 Å². The van der Waals surface area contributed by atoms with E-state index >= 15 is 0 Å². The average Bonchev–Trinajstić information content (AvgIpc) is 2.48. The first-order chi connectivity index (χ1) is 10.1. The SMILES string of the molecule is O=C(c1ccc(Br)c(F)c1)c1cc2c(cc1Cl)OCCO2. The van der Waals surface area contributed by atoms with Gasteiger partial charge in [-0.3, -0.25) is 4.79 Å². The van der Waals surface area contributed by atoms with Crippen LogP contribution < -0.4 is 9.47 Å². The molecule has 0 unspecified atom stereocenters. The summed E-state index contributed by atoms with van der Waals surface area (Å²) in [5, 5.41) is 0.243. The van der Waals surface area contributed by atoms with E-state index in [1.165, 1.54) is 24.3 Å². The molecule has 1 aliphatic rings. The first-order valence-corrected chi connectivity index (χ1v) is 7.32. The van der Waals surface area contributed by atoms with Crippen LogP contribution in [0, 0.1) is 5.82 Å². The predicted molar refractivity (Wildman–Crippen MR) is 80.0 cm³/mol. The molecule has 0 spiro atoms. The molecule has 0 amide bonds. The van der Waals surface area contributed by atoms with Gasteiger partial charge in [0.25, 0.3) is 0 Å². The number of hydrogen-bond donors (Lipinski definition) is 0. The molecular formula is C15H9BrClFO3. The zero-order valence-corrected chi connectivity index (χ0v) is 13.0. The number of fused-ring (bicyclic) bond motifs is 1. The Balaban J connectivity index is 2.03. The van der Waals surface area contributed by atoms with Gasteiger partial charge in [0, 0.05) is 17.2 Å². The molecule has 1 heterocycles. The Morgan fingerprint density at radius 3 is 2.48 bits per heavy atom. The maximum atomic E-state index is 13.6. The zero-order valence-electron chi connectivity index (χ0n) is 10.7. The van der Waals surface area contributed by atoms with Gasteiger partial charge in [-0.25, -0.2) is 4.39 Å². The third-order valence-electron chi connectivity index (χ3n) is 3.06. The lowest BCUT2D eigenvalue weighted by molar-refractivity contribution is 0.103. The van der Waals surface area contributed by atoms with Gasteiger partial charge in [0.15, 0.2) is 17.3 Å². The van der Waals surface area contributed by atoms with Crippen LogP contribution in [0.5, 0.6) is 11.5 Å². The Morgan fingerprint density at radius 2 is 1.81 bits per heavy atom. The molecule has 21 heavy (non-hydrogen) atoms. The van der Waals surface area contributed by atoms with Crippen LogP contribution in [0.25, 0.3) is 0 Å². The molecule has 0 atom stereocenters. The molecule has 3 nitrogen and oxygen atoms in total. The lowest BCUT2D eigenvalue weighted by Crippen LogP contribution is -2.16. The van der Waals surface area contributed by atoms with Crippen molar-refractivity contribution >= 4 is 33.3 Å². The lowest BCUT2D eigenvalue weighted by atomic mass is 10.0. The normalized spacial score (nSPS) is 13.1. The van der Waals surface area contributed by atoms with Crippen molar-refractivity contribution in [3.63, 3.8) is 0 Å². The van der Waals surface area contributed by atoms with Crippen molar-refractivity contribution in [1.82, 2.24) is 0 Å². The molecule has 1 aliphatic heterocycles. The monoisotopic (exact) mass is 370 g/mol. The first kappa shape index (κ1) is 14.4. The van der Waals surface area contributed by atoms with E-state index in [9.17, 15) is 9.18 Å². The molecule has 0 saturated carbocycles. The summed E-state index contributed by atoms with van der Waals surface area (Å²) in [5.41, 5.74) is 0.469. The van der Waals surface area contributed by atoms with Crippen molar-refractivity contribution in [2.45, 2.75) is 0 Å². The molecule has 2 aromatic rings. The standard InChI is InChI=1S/C15H9BrClFO3/c16-10-2-1-8(5-12(10)18)15(19)9-6-13-14(7-11(9)17)21-4-3-20-13/h1-2,5-7H,3-4H2. The minimum absolute atomic E-state index is 0.217. The van der Waals surface area contributed by atoms with Gasteiger partial charge in [-0.15, -0.1) is 0 Å². The van der Waals surface area contributed by atoms with Crippen LogP contribution in [0.15, 0.2) is 34.8 Å². The fourth-order valence-electron chi connectivity index (χ4n) is 2.03. The minimum atomic E-state index is -0.505. The summed E-state index contributed by atoms with van der Waals surface area (Å²) in [6.07, 6.45) is 0. The number of hydrogen-bond acceptors (Lipinski definition) is 3. The van der Waals surface area contributed by atoms with E-state index in [2.05, 4.69) is 15.9 Å². The highest BCUT2D eigenvalue weighted by molar-refractivity contribution is 9.10. The molecule has 108 valence electrons. The number of rotatable bonds is 2. The Bertz CT molecular complexity index is 733. The molecule has 3 rings (SSSR count). The molecular weight excluding hydrogens is 363 g/mol. The second-order valence-corrected chi connectivity index (χ2v) is 5.70. The van der Waals surface area contributed by atoms with Gasteiger partial charge >= 0.3 is 0 Å². The number of halogens is 3. The van der Waals surface area contributed by atoms with Crippen LogP contribution in [0.1, 0.15) is 15.9 Å². The molecule has 0 fully saturated rings. The summed E-state index contributed by atoms with van der Waals surface area (Å²) in [7, 11) is 0. The first-order valence-electron chi connectivity index (χ1n) is 6.15. The molecule has 0 radical (unpaired) electrons. The summed E-state index contributed by atoms with van der Waals surface area (Å²) in [4.78, 5) is 12.5. The predicted octanol–water partition coefficient (Wildman–Crippen LogP) is 4.24. The zero-order chi connectivity index (χ0) is 15.0. The van der Waals surface area contributed by atoms with Gasteiger partial charge in [0.05, 0.1) is 9.50 Å². The van der Waals surface area contributed by atoms with Crippen LogP contribution in [-0.2, 0) is 0 Å². The summed E-state index contributed by atoms with van der Waals surface area (Å²) >= 11 is 9.17. The van der Waals surface area contributed by atoms with E-state index in [-0.39, 0.29) is 21.9 Å². The number of ether oxygens (including phenoxy) is 2. The average molecular weight is 372 g/mol. The van der Waals surface area contributed by atoms with E-state index in [1.54, 1.807) is 6.07 Å². The van der Waals surface area contributed by atoms with E-state index in [4.69, 9.17) is 21.1 Å². The van der Waals surface area contributed by atoms with Gasteiger partial charge in [0.2, 0.25) is 0 Å². The van der Waals surface area contributed by atoms with Crippen molar-refractivity contribution in [2.75, 3.05) is 13.2 Å². The van der Waals surface area contributed by atoms with Crippen LogP contribution in [0.4, 0.5) is 4.39 Å². The highest BCUT2D eigenvalue weighted by Gasteiger charge is 2.20. The number of benzene rings is 2. The summed E-state index contributed by atoms with van der Waals surface area (Å²) in [6, 6.07) is 7.24. The maximum Gasteiger partial charge on any atom is 0.194 e. The Hall–Kier alpha value is -1.59. The smallest absolute Gasteiger partial charge is 0.194 e. The van der Waals surface area contributed by atoms with E-state index < -0.39 is 5.82 Å². The maximum absolute atomic E-state index is 13.6. The quantitative estimate of drug-likeness (QED) is 0.741. The molecule has 0 aromatic heterocycles. The van der Waals surface area contributed by atoms with E-state index in [0.717, 1.165) is 0 Å². The second kappa shape index (κ2) is 5.66. The van der Waals surface area contributed by atoms with Crippen LogP contribution in [0.3, 0.4) is 0 Å². The topological polar surface area (TPSA) is 35.5 Å². The van der Waals surface area contributed by atoms with Crippen molar-refractivity contribution in [1.29, 1.82) is 0 Å². The Morgan fingerprint density at radius 1 is 1.14 bits per heavy atom. The molecule has 2 aromatic carbocycles. The van der Waals surface area contributed by atoms with Gasteiger partial charge in [-0.2, -0.15) is 0 Å². The highest BCUT2D eigenvalue weighted by atomic mass is 79.9. The number of ketones is 1. The summed E-state index contributed by atoms with van der Waals surface area (Å²) < 4.78 is 24.7. The van der Waals surface area contributed by atoms with Gasteiger partial charge < -0.3 is 9.47 Å². The molecule has 6 heteroatoms. The van der Waals surface area contributed by atoms with Crippen LogP contribution in [0.2, 0.25) is 5.02 Å². The van der Waals surface area contributed by atoms with Crippen molar-refractivity contribution in [2.24, 2.45) is 0 Å². The minimum Gasteiger partial charge on any atom is -0.486 e. The fraction of sp³-hybridized carbons (Fsp3) is 0.133. The van der Waals surface area contributed by atoms with Gasteiger partial charge in [0.1, 0.15) is 19.0 Å². The second-order valence-electron chi connectivity index (χ2n) is 4.43. The largest absolute Gasteiger partial charge is 0.486 e. The van der Waals surface area contributed by atoms with Gasteiger partial charge in [-0.05, 0) is 40.2 Å². The summed E-state index contributed by atoms with van der Waals surface area (Å²) in [5.74, 6) is 0.0919. The fourth-order valence-corrected chi connectivity index (χ4v) is 2.52. The molecule has 0 aliphatic carbocycles. The van der Waals surface area contributed by atoms with E-state index in [0.29, 0.717) is 29.2 Å². The van der Waals surface area contributed by atoms with E-state index in [1.807, 2.05) is 0 Å². The Labute approximate surface area is 133 Å². The lowest BCUT2D eigenvalue weighted by Gasteiger charge is -2.19. The highest BCUT2D eigenvalue weighted by Crippen LogP contribution is 2.36. The van der Waals surface area contributed by atoms with Crippen LogP contribution in [-0.4, -0.2) is 19.0 Å². The third kappa shape index (κ3) is 2.76. The third-order valence-corrected chi connectivity index (χ3v) is 4.01. The van der Waals surface area contributed by atoms with Crippen molar-refractivity contribution < 1.29 is 18.7 Å². The van der Waals surface area contributed by atoms with Crippen molar-refractivity contribution in [3.05, 3.63) is 56.8 Å². The Kier molecular flexibility index (Phi) is 3.87. The summed E-state index contributed by atoms with van der Waals surface area (Å²) in [6.45, 7) is 0.851. The molecule has 0 bridgehead atoms. The molecule has 0 saturated heterocycles.